The third-order valence-corrected chi connectivity index (χ3v) is 4.65. The molecule has 0 spiro atoms. The lowest BCUT2D eigenvalue weighted by atomic mass is 9.91. The highest BCUT2D eigenvalue weighted by Gasteiger charge is 2.24. The summed E-state index contributed by atoms with van der Waals surface area (Å²) >= 11 is 1.37. The largest absolute Gasteiger partial charge is 0.342 e. The van der Waals surface area contributed by atoms with Crippen LogP contribution in [0.3, 0.4) is 0 Å². The molecule has 0 radical (unpaired) electrons. The summed E-state index contributed by atoms with van der Waals surface area (Å²) in [5.74, 6) is 0.302. The van der Waals surface area contributed by atoms with E-state index in [4.69, 9.17) is 5.73 Å². The quantitative estimate of drug-likeness (QED) is 0.872. The van der Waals surface area contributed by atoms with Gasteiger partial charge >= 0.3 is 0 Å². The van der Waals surface area contributed by atoms with Gasteiger partial charge in [-0.3, -0.25) is 9.59 Å². The van der Waals surface area contributed by atoms with Crippen molar-refractivity contribution in [3.05, 3.63) is 22.4 Å². The second kappa shape index (κ2) is 6.85. The van der Waals surface area contributed by atoms with Gasteiger partial charge in [-0.25, -0.2) is 0 Å². The number of piperidine rings is 1. The highest BCUT2D eigenvalue weighted by Crippen LogP contribution is 2.19. The third kappa shape index (κ3) is 3.80. The first-order chi connectivity index (χ1) is 9.58. The number of hydrogen-bond acceptors (Lipinski definition) is 4. The number of amides is 2. The molecule has 0 aliphatic carbocycles. The Hall–Kier alpha value is -1.40. The van der Waals surface area contributed by atoms with E-state index < -0.39 is 0 Å². The van der Waals surface area contributed by atoms with Crippen molar-refractivity contribution in [2.24, 2.45) is 11.7 Å². The highest BCUT2D eigenvalue weighted by molar-refractivity contribution is 7.12. The lowest BCUT2D eigenvalue weighted by Gasteiger charge is -2.33. The number of thiophene rings is 1. The Morgan fingerprint density at radius 2 is 2.20 bits per heavy atom. The number of nitrogens with zero attached hydrogens (tertiary/aromatic N) is 1. The first kappa shape index (κ1) is 15.0. The summed E-state index contributed by atoms with van der Waals surface area (Å²) < 4.78 is 0. The van der Waals surface area contributed by atoms with Gasteiger partial charge in [0.15, 0.2) is 0 Å². The Labute approximate surface area is 123 Å². The molecule has 1 aliphatic rings. The normalized spacial score (nSPS) is 17.8. The minimum atomic E-state index is -0.182. The summed E-state index contributed by atoms with van der Waals surface area (Å²) in [6.45, 7) is 3.56. The predicted molar refractivity (Wildman–Crippen MR) is 79.6 cm³/mol. The molecule has 0 bridgehead atoms. The van der Waals surface area contributed by atoms with E-state index in [2.05, 4.69) is 5.32 Å². The van der Waals surface area contributed by atoms with Crippen molar-refractivity contribution in [2.75, 3.05) is 19.6 Å². The molecular weight excluding hydrogens is 274 g/mol. The maximum absolute atomic E-state index is 12.0. The molecule has 6 heteroatoms. The van der Waals surface area contributed by atoms with Crippen LogP contribution in [-0.2, 0) is 4.79 Å². The van der Waals surface area contributed by atoms with E-state index in [1.54, 1.807) is 6.07 Å². The average Bonchev–Trinajstić information content (AvgIpc) is 2.98. The summed E-state index contributed by atoms with van der Waals surface area (Å²) in [4.78, 5) is 26.2. The standard InChI is InChI=1S/C14H21N3O2S/c1-10(15)11-4-6-17(7-5-11)13(18)9-16-14(19)12-3-2-8-20-12/h2-3,8,10-11H,4-7,9,15H2,1H3,(H,16,19). The molecule has 3 N–H and O–H groups in total. The Bertz CT molecular complexity index is 451. The SMILES string of the molecule is CC(N)C1CCN(C(=O)CNC(=O)c2cccs2)CC1. The van der Waals surface area contributed by atoms with Crippen molar-refractivity contribution < 1.29 is 9.59 Å². The fraction of sp³-hybridized carbons (Fsp3) is 0.571. The van der Waals surface area contributed by atoms with Crippen molar-refractivity contribution >= 4 is 23.2 Å². The zero-order valence-electron chi connectivity index (χ0n) is 11.7. The number of rotatable bonds is 4. The average molecular weight is 295 g/mol. The van der Waals surface area contributed by atoms with Crippen LogP contribution in [-0.4, -0.2) is 42.4 Å². The van der Waals surface area contributed by atoms with E-state index in [1.165, 1.54) is 11.3 Å². The van der Waals surface area contributed by atoms with Gasteiger partial charge in [-0.2, -0.15) is 0 Å². The third-order valence-electron chi connectivity index (χ3n) is 3.78. The summed E-state index contributed by atoms with van der Waals surface area (Å²) in [6, 6.07) is 3.75. The molecular formula is C14H21N3O2S. The summed E-state index contributed by atoms with van der Waals surface area (Å²) in [5, 5.41) is 4.51. The first-order valence-corrected chi connectivity index (χ1v) is 7.81. The van der Waals surface area contributed by atoms with E-state index in [-0.39, 0.29) is 24.4 Å². The molecule has 1 aromatic rings. The highest BCUT2D eigenvalue weighted by atomic mass is 32.1. The predicted octanol–water partition coefficient (Wildman–Crippen LogP) is 1.06. The fourth-order valence-electron chi connectivity index (χ4n) is 2.44. The second-order valence-electron chi connectivity index (χ2n) is 5.24. The van der Waals surface area contributed by atoms with Crippen LogP contribution in [0.25, 0.3) is 0 Å². The van der Waals surface area contributed by atoms with Crippen LogP contribution >= 0.6 is 11.3 Å². The van der Waals surface area contributed by atoms with Gasteiger partial charge in [-0.15, -0.1) is 11.3 Å². The van der Waals surface area contributed by atoms with Crippen molar-refractivity contribution in [1.29, 1.82) is 0 Å². The summed E-state index contributed by atoms with van der Waals surface area (Å²) in [5.41, 5.74) is 5.88. The lowest BCUT2D eigenvalue weighted by molar-refractivity contribution is -0.131. The molecule has 2 rings (SSSR count). The molecule has 1 aliphatic heterocycles. The van der Waals surface area contributed by atoms with E-state index in [0.717, 1.165) is 25.9 Å². The number of nitrogens with one attached hydrogen (secondary N) is 1. The first-order valence-electron chi connectivity index (χ1n) is 6.93. The number of carbonyl (C=O) groups is 2. The molecule has 5 nitrogen and oxygen atoms in total. The van der Waals surface area contributed by atoms with Crippen LogP contribution < -0.4 is 11.1 Å². The van der Waals surface area contributed by atoms with E-state index in [0.29, 0.717) is 10.8 Å². The monoisotopic (exact) mass is 295 g/mol. The van der Waals surface area contributed by atoms with Gasteiger partial charge in [0.05, 0.1) is 11.4 Å². The van der Waals surface area contributed by atoms with Gasteiger partial charge in [0.2, 0.25) is 5.91 Å². The number of nitrogens with two attached hydrogens (primary N) is 1. The Morgan fingerprint density at radius 3 is 2.75 bits per heavy atom. The summed E-state index contributed by atoms with van der Waals surface area (Å²) in [7, 11) is 0. The minimum absolute atomic E-state index is 0.0157. The Kier molecular flexibility index (Phi) is 5.14. The molecule has 0 saturated carbocycles. The molecule has 2 amide bonds. The molecule has 1 aromatic heterocycles. The van der Waals surface area contributed by atoms with Crippen LogP contribution in [0, 0.1) is 5.92 Å². The molecule has 0 aromatic carbocycles. The molecule has 1 saturated heterocycles. The molecule has 110 valence electrons. The summed E-state index contributed by atoms with van der Waals surface area (Å²) in [6.07, 6.45) is 1.89. The minimum Gasteiger partial charge on any atom is -0.342 e. The Morgan fingerprint density at radius 1 is 1.50 bits per heavy atom. The number of likely N-dealkylation sites (tertiary alicyclic amines) is 1. The molecule has 1 unspecified atom stereocenters. The van der Waals surface area contributed by atoms with Gasteiger partial charge in [-0.1, -0.05) is 6.07 Å². The zero-order chi connectivity index (χ0) is 14.5. The zero-order valence-corrected chi connectivity index (χ0v) is 12.5. The number of carbonyl (C=O) groups excluding carboxylic acids is 2. The second-order valence-corrected chi connectivity index (χ2v) is 6.19. The van der Waals surface area contributed by atoms with E-state index in [9.17, 15) is 9.59 Å². The van der Waals surface area contributed by atoms with Crippen molar-refractivity contribution in [3.63, 3.8) is 0 Å². The van der Waals surface area contributed by atoms with Gasteiger partial charge in [-0.05, 0) is 37.1 Å². The maximum Gasteiger partial charge on any atom is 0.261 e. The van der Waals surface area contributed by atoms with Crippen LogP contribution in [0.2, 0.25) is 0 Å². The van der Waals surface area contributed by atoms with E-state index >= 15 is 0 Å². The fourth-order valence-corrected chi connectivity index (χ4v) is 3.08. The van der Waals surface area contributed by atoms with Crippen LogP contribution in [0.1, 0.15) is 29.4 Å². The van der Waals surface area contributed by atoms with Crippen molar-refractivity contribution in [2.45, 2.75) is 25.8 Å². The topological polar surface area (TPSA) is 75.4 Å². The maximum atomic E-state index is 12.0. The van der Waals surface area contributed by atoms with E-state index in [1.807, 2.05) is 23.3 Å². The van der Waals surface area contributed by atoms with Gasteiger partial charge in [0, 0.05) is 19.1 Å². The Balaban J connectivity index is 1.75. The van der Waals surface area contributed by atoms with Crippen molar-refractivity contribution in [1.82, 2.24) is 10.2 Å². The molecule has 20 heavy (non-hydrogen) atoms. The number of hydrogen-bond donors (Lipinski definition) is 2. The van der Waals surface area contributed by atoms with Gasteiger partial charge < -0.3 is 16.0 Å². The van der Waals surface area contributed by atoms with Crippen molar-refractivity contribution in [3.8, 4) is 0 Å². The molecule has 1 atom stereocenters. The van der Waals surface area contributed by atoms with Gasteiger partial charge in [0.25, 0.3) is 5.91 Å². The smallest absolute Gasteiger partial charge is 0.261 e. The van der Waals surface area contributed by atoms with Crippen LogP contribution in [0.4, 0.5) is 0 Å². The van der Waals surface area contributed by atoms with Gasteiger partial charge in [0.1, 0.15) is 0 Å². The molecule has 2 heterocycles. The van der Waals surface area contributed by atoms with Crippen LogP contribution in [0.5, 0.6) is 0 Å². The van der Waals surface area contributed by atoms with Crippen LogP contribution in [0.15, 0.2) is 17.5 Å². The molecule has 1 fully saturated rings. The lowest BCUT2D eigenvalue weighted by Crippen LogP contribution is -2.46.